The lowest BCUT2D eigenvalue weighted by molar-refractivity contribution is 0.659. The van der Waals surface area contributed by atoms with E-state index >= 15 is 0 Å². The van der Waals surface area contributed by atoms with Gasteiger partial charge in [0.05, 0.1) is 0 Å². The van der Waals surface area contributed by atoms with Gasteiger partial charge >= 0.3 is 0 Å². The monoisotopic (exact) mass is 168 g/mol. The summed E-state index contributed by atoms with van der Waals surface area (Å²) in [6, 6.07) is 0. The van der Waals surface area contributed by atoms with Gasteiger partial charge in [0.25, 0.3) is 0 Å². The molecule has 0 aliphatic rings. The molecule has 0 aliphatic heterocycles. The summed E-state index contributed by atoms with van der Waals surface area (Å²) >= 11 is 0. The van der Waals surface area contributed by atoms with Crippen LogP contribution in [0.15, 0.2) is 0 Å². The van der Waals surface area contributed by atoms with E-state index in [9.17, 15) is 4.21 Å². The summed E-state index contributed by atoms with van der Waals surface area (Å²) in [5.74, 6) is 0. The van der Waals surface area contributed by atoms with E-state index < -0.39 is 10.0 Å². The van der Waals surface area contributed by atoms with Crippen LogP contribution in [0.1, 0.15) is 33.1 Å². The molecule has 0 saturated carbocycles. The highest BCUT2D eigenvalue weighted by molar-refractivity contribution is 8.08. The van der Waals surface area contributed by atoms with Crippen LogP contribution in [-0.2, 0) is 10.0 Å². The maximum absolute atomic E-state index is 10.5. The lowest BCUT2D eigenvalue weighted by atomic mass is 10.2. The summed E-state index contributed by atoms with van der Waals surface area (Å²) in [6.45, 7) is 4.03. The molecule has 0 amide bonds. The number of hydrogen-bond donors (Lipinski definition) is 0. The molecule has 2 atom stereocenters. The lowest BCUT2D eigenvalue weighted by Gasteiger charge is -2.02. The third kappa shape index (κ3) is 4.91. The molecule has 0 aromatic carbocycles. The molecular formula is C6H13ClOS. The van der Waals surface area contributed by atoms with Crippen molar-refractivity contribution in [3.8, 4) is 0 Å². The van der Waals surface area contributed by atoms with Crippen LogP contribution in [-0.4, -0.2) is 9.46 Å². The van der Waals surface area contributed by atoms with Crippen LogP contribution in [0.3, 0.4) is 0 Å². The zero-order chi connectivity index (χ0) is 7.28. The van der Waals surface area contributed by atoms with E-state index in [-0.39, 0.29) is 5.25 Å². The first kappa shape index (κ1) is 9.44. The predicted octanol–water partition coefficient (Wildman–Crippen LogP) is 2.47. The van der Waals surface area contributed by atoms with E-state index in [4.69, 9.17) is 10.7 Å². The zero-order valence-electron chi connectivity index (χ0n) is 5.89. The normalized spacial score (nSPS) is 17.2. The molecule has 0 saturated heterocycles. The van der Waals surface area contributed by atoms with Crippen molar-refractivity contribution in [3.63, 3.8) is 0 Å². The molecule has 0 fully saturated rings. The van der Waals surface area contributed by atoms with Crippen molar-refractivity contribution in [2.24, 2.45) is 0 Å². The molecule has 0 rings (SSSR count). The predicted molar refractivity (Wildman–Crippen MR) is 43.0 cm³/mol. The molecule has 0 radical (unpaired) electrons. The number of rotatable bonds is 4. The summed E-state index contributed by atoms with van der Waals surface area (Å²) < 4.78 is 10.5. The van der Waals surface area contributed by atoms with Gasteiger partial charge in [0.15, 0.2) is 0 Å². The summed E-state index contributed by atoms with van der Waals surface area (Å²) in [4.78, 5) is 0. The Kier molecular flexibility index (Phi) is 5.50. The summed E-state index contributed by atoms with van der Waals surface area (Å²) in [6.07, 6.45) is 3.25. The average molecular weight is 169 g/mol. The maximum Gasteiger partial charge on any atom is 0.117 e. The third-order valence-corrected chi connectivity index (χ3v) is 3.06. The minimum atomic E-state index is -1.14. The first-order valence-electron chi connectivity index (χ1n) is 3.25. The molecule has 56 valence electrons. The van der Waals surface area contributed by atoms with Gasteiger partial charge in [0.2, 0.25) is 0 Å². The molecule has 1 nitrogen and oxygen atoms in total. The van der Waals surface area contributed by atoms with Crippen LogP contribution in [0, 0.1) is 0 Å². The number of halogens is 1. The Bertz CT molecular complexity index is 95.1. The highest BCUT2D eigenvalue weighted by Crippen LogP contribution is 2.08. The van der Waals surface area contributed by atoms with Crippen LogP contribution in [0.2, 0.25) is 0 Å². The van der Waals surface area contributed by atoms with E-state index in [2.05, 4.69) is 6.92 Å². The summed E-state index contributed by atoms with van der Waals surface area (Å²) in [5, 5.41) is 0.159. The molecule has 0 aromatic rings. The smallest absolute Gasteiger partial charge is 0.117 e. The molecule has 3 heteroatoms. The van der Waals surface area contributed by atoms with Gasteiger partial charge in [-0.1, -0.05) is 19.8 Å². The molecule has 0 aliphatic carbocycles. The Morgan fingerprint density at radius 1 is 1.67 bits per heavy atom. The van der Waals surface area contributed by atoms with E-state index in [0.29, 0.717) is 0 Å². The van der Waals surface area contributed by atoms with Gasteiger partial charge in [-0.05, 0) is 24.0 Å². The molecular weight excluding hydrogens is 156 g/mol. The van der Waals surface area contributed by atoms with E-state index in [1.54, 1.807) is 0 Å². The Balaban J connectivity index is 3.27. The molecule has 0 N–H and O–H groups in total. The first-order chi connectivity index (χ1) is 4.18. The van der Waals surface area contributed by atoms with E-state index in [0.717, 1.165) is 19.3 Å². The maximum atomic E-state index is 10.5. The summed E-state index contributed by atoms with van der Waals surface area (Å²) in [7, 11) is 4.20. The largest absolute Gasteiger partial charge is 0.242 e. The molecule has 2 unspecified atom stereocenters. The molecule has 0 heterocycles. The van der Waals surface area contributed by atoms with Crippen molar-refractivity contribution in [1.82, 2.24) is 0 Å². The van der Waals surface area contributed by atoms with Crippen molar-refractivity contribution in [2.75, 3.05) is 0 Å². The SMILES string of the molecule is CCCCC(C)S(=O)Cl. The van der Waals surface area contributed by atoms with Crippen molar-refractivity contribution in [1.29, 1.82) is 0 Å². The second-order valence-corrected chi connectivity index (χ2v) is 4.41. The lowest BCUT2D eigenvalue weighted by Crippen LogP contribution is -2.03. The topological polar surface area (TPSA) is 17.1 Å². The fourth-order valence-electron chi connectivity index (χ4n) is 0.584. The first-order valence-corrected chi connectivity index (χ1v) is 5.29. The van der Waals surface area contributed by atoms with Gasteiger partial charge in [-0.15, -0.1) is 0 Å². The number of unbranched alkanes of at least 4 members (excludes halogenated alkanes) is 1. The van der Waals surface area contributed by atoms with Gasteiger partial charge in [0, 0.05) is 5.25 Å². The van der Waals surface area contributed by atoms with Crippen molar-refractivity contribution in [3.05, 3.63) is 0 Å². The molecule has 0 bridgehead atoms. The van der Waals surface area contributed by atoms with Gasteiger partial charge in [-0.3, -0.25) is 0 Å². The third-order valence-electron chi connectivity index (χ3n) is 1.28. The standard InChI is InChI=1S/C6H13ClOS/c1-3-4-5-6(2)9(7)8/h6H,3-5H2,1-2H3. The highest BCUT2D eigenvalue weighted by atomic mass is 35.7. The van der Waals surface area contributed by atoms with E-state index in [1.165, 1.54) is 0 Å². The zero-order valence-corrected chi connectivity index (χ0v) is 7.47. The molecule has 9 heavy (non-hydrogen) atoms. The van der Waals surface area contributed by atoms with Gasteiger partial charge in [-0.2, -0.15) is 0 Å². The van der Waals surface area contributed by atoms with Crippen LogP contribution < -0.4 is 0 Å². The quantitative estimate of drug-likeness (QED) is 0.590. The van der Waals surface area contributed by atoms with Crippen molar-refractivity contribution in [2.45, 2.75) is 38.4 Å². The van der Waals surface area contributed by atoms with Crippen LogP contribution >= 0.6 is 10.7 Å². The van der Waals surface area contributed by atoms with Gasteiger partial charge in [0.1, 0.15) is 10.0 Å². The minimum Gasteiger partial charge on any atom is -0.242 e. The minimum absolute atomic E-state index is 0.159. The van der Waals surface area contributed by atoms with Crippen LogP contribution in [0.4, 0.5) is 0 Å². The fraction of sp³-hybridized carbons (Fsp3) is 1.00. The number of hydrogen-bond acceptors (Lipinski definition) is 1. The Morgan fingerprint density at radius 3 is 2.56 bits per heavy atom. The molecule has 0 spiro atoms. The second kappa shape index (κ2) is 5.24. The Morgan fingerprint density at radius 2 is 2.22 bits per heavy atom. The van der Waals surface area contributed by atoms with Gasteiger partial charge in [-0.25, -0.2) is 4.21 Å². The van der Waals surface area contributed by atoms with Crippen molar-refractivity contribution >= 4 is 20.7 Å². The molecule has 0 aromatic heterocycles. The van der Waals surface area contributed by atoms with Crippen molar-refractivity contribution < 1.29 is 4.21 Å². The highest BCUT2D eigenvalue weighted by Gasteiger charge is 2.05. The van der Waals surface area contributed by atoms with E-state index in [1.807, 2.05) is 6.92 Å². The Hall–Kier alpha value is 0.440. The second-order valence-electron chi connectivity index (χ2n) is 2.20. The summed E-state index contributed by atoms with van der Waals surface area (Å²) in [5.41, 5.74) is 0. The van der Waals surface area contributed by atoms with Gasteiger partial charge < -0.3 is 0 Å². The van der Waals surface area contributed by atoms with Crippen LogP contribution in [0.25, 0.3) is 0 Å². The Labute approximate surface area is 63.7 Å². The van der Waals surface area contributed by atoms with Crippen LogP contribution in [0.5, 0.6) is 0 Å². The fourth-order valence-corrected chi connectivity index (χ4v) is 1.20. The average Bonchev–Trinajstić information content (AvgIpc) is 1.82.